The molecule has 0 saturated carbocycles. The van der Waals surface area contributed by atoms with Crippen molar-refractivity contribution >= 4 is 5.97 Å². The Labute approximate surface area is 69.7 Å². The van der Waals surface area contributed by atoms with Gasteiger partial charge in [0.25, 0.3) is 6.67 Å². The molecule has 0 aliphatic rings. The first-order chi connectivity index (χ1) is 5.45. The van der Waals surface area contributed by atoms with E-state index in [0.29, 0.717) is 0 Å². The molecule has 1 unspecified atom stereocenters. The number of hydrogen-bond acceptors (Lipinski definition) is 4. The Balaban J connectivity index is 3.97. The van der Waals surface area contributed by atoms with Gasteiger partial charge in [-0.3, -0.25) is 14.9 Å². The summed E-state index contributed by atoms with van der Waals surface area (Å²) in [6.45, 7) is 2.85. The second-order valence-corrected chi connectivity index (χ2v) is 2.75. The summed E-state index contributed by atoms with van der Waals surface area (Å²) in [7, 11) is 0. The predicted octanol–water partition coefficient (Wildman–Crippen LogP) is -0.0806. The number of aliphatic carboxylic acids is 1. The third-order valence-electron chi connectivity index (χ3n) is 1.37. The zero-order valence-electron chi connectivity index (χ0n) is 6.98. The number of carboxylic acids is 1. The van der Waals surface area contributed by atoms with Gasteiger partial charge in [0.15, 0.2) is 0 Å². The molecule has 0 heterocycles. The molecule has 0 spiro atoms. The zero-order chi connectivity index (χ0) is 9.72. The minimum atomic E-state index is -1.06. The van der Waals surface area contributed by atoms with Crippen molar-refractivity contribution in [1.82, 2.24) is 5.32 Å². The van der Waals surface area contributed by atoms with Crippen LogP contribution in [-0.2, 0) is 4.79 Å². The number of rotatable bonds is 5. The average Bonchev–Trinajstić information content (AvgIpc) is 1.84. The maximum atomic E-state index is 10.5. The lowest BCUT2D eigenvalue weighted by Crippen LogP contribution is -2.43. The number of hydrogen-bond donors (Lipinski definition) is 2. The number of carbonyl (C=O) groups is 1. The topological polar surface area (TPSA) is 92.5 Å². The number of nitrogens with one attached hydrogen (secondary N) is 1. The molecule has 0 aromatic heterocycles. The van der Waals surface area contributed by atoms with Gasteiger partial charge in [-0.1, -0.05) is 13.8 Å². The smallest absolute Gasteiger partial charge is 0.321 e. The van der Waals surface area contributed by atoms with Gasteiger partial charge in [0, 0.05) is 4.92 Å². The van der Waals surface area contributed by atoms with Crippen LogP contribution in [0, 0.1) is 16.0 Å². The van der Waals surface area contributed by atoms with Crippen LogP contribution in [0.4, 0.5) is 0 Å². The van der Waals surface area contributed by atoms with Gasteiger partial charge in [0.1, 0.15) is 6.04 Å². The third kappa shape index (κ3) is 3.87. The molecule has 2 N–H and O–H groups in total. The summed E-state index contributed by atoms with van der Waals surface area (Å²) in [4.78, 5) is 19.8. The lowest BCUT2D eigenvalue weighted by molar-refractivity contribution is -0.486. The molecule has 12 heavy (non-hydrogen) atoms. The summed E-state index contributed by atoms with van der Waals surface area (Å²) in [6, 6.07) is -0.851. The fourth-order valence-electron chi connectivity index (χ4n) is 0.781. The summed E-state index contributed by atoms with van der Waals surface area (Å²) >= 11 is 0. The van der Waals surface area contributed by atoms with Crippen LogP contribution in [0.15, 0.2) is 0 Å². The van der Waals surface area contributed by atoms with Crippen molar-refractivity contribution in [2.75, 3.05) is 6.67 Å². The van der Waals surface area contributed by atoms with E-state index in [1.807, 2.05) is 0 Å². The van der Waals surface area contributed by atoms with Gasteiger partial charge in [-0.25, -0.2) is 5.32 Å². The van der Waals surface area contributed by atoms with Gasteiger partial charge in [-0.15, -0.1) is 0 Å². The van der Waals surface area contributed by atoms with E-state index in [1.165, 1.54) is 0 Å². The van der Waals surface area contributed by atoms with Crippen molar-refractivity contribution in [2.24, 2.45) is 5.92 Å². The van der Waals surface area contributed by atoms with Gasteiger partial charge < -0.3 is 5.11 Å². The first-order valence-electron chi connectivity index (χ1n) is 3.53. The second-order valence-electron chi connectivity index (χ2n) is 2.75. The van der Waals surface area contributed by atoms with Gasteiger partial charge in [0.05, 0.1) is 0 Å². The van der Waals surface area contributed by atoms with E-state index in [0.717, 1.165) is 0 Å². The van der Waals surface area contributed by atoms with Crippen molar-refractivity contribution in [1.29, 1.82) is 0 Å². The quantitative estimate of drug-likeness (QED) is 0.347. The van der Waals surface area contributed by atoms with Crippen LogP contribution < -0.4 is 5.32 Å². The molecular formula is C6H12N2O4. The van der Waals surface area contributed by atoms with E-state index in [-0.39, 0.29) is 5.92 Å². The highest BCUT2D eigenvalue weighted by molar-refractivity contribution is 5.73. The van der Waals surface area contributed by atoms with E-state index >= 15 is 0 Å². The van der Waals surface area contributed by atoms with Gasteiger partial charge >= 0.3 is 5.97 Å². The first-order valence-corrected chi connectivity index (χ1v) is 3.53. The summed E-state index contributed by atoms with van der Waals surface area (Å²) in [5, 5.41) is 20.8. The molecule has 0 radical (unpaired) electrons. The highest BCUT2D eigenvalue weighted by Crippen LogP contribution is 2.00. The lowest BCUT2D eigenvalue weighted by Gasteiger charge is -2.14. The predicted molar refractivity (Wildman–Crippen MR) is 41.3 cm³/mol. The van der Waals surface area contributed by atoms with Crippen molar-refractivity contribution in [3.63, 3.8) is 0 Å². The van der Waals surface area contributed by atoms with Crippen molar-refractivity contribution < 1.29 is 14.8 Å². The molecule has 0 aromatic carbocycles. The maximum Gasteiger partial charge on any atom is 0.321 e. The van der Waals surface area contributed by atoms with Crippen LogP contribution >= 0.6 is 0 Å². The molecule has 6 heteroatoms. The summed E-state index contributed by atoms with van der Waals surface area (Å²) < 4.78 is 0. The summed E-state index contributed by atoms with van der Waals surface area (Å²) in [5.41, 5.74) is 0. The number of nitro groups is 1. The lowest BCUT2D eigenvalue weighted by atomic mass is 10.1. The maximum absolute atomic E-state index is 10.5. The molecule has 0 rings (SSSR count). The molecule has 70 valence electrons. The van der Waals surface area contributed by atoms with Crippen molar-refractivity contribution in [3.8, 4) is 0 Å². The first kappa shape index (κ1) is 10.8. The van der Waals surface area contributed by atoms with Crippen LogP contribution in [-0.4, -0.2) is 28.7 Å². The van der Waals surface area contributed by atoms with E-state index in [1.54, 1.807) is 13.8 Å². The normalized spacial score (nSPS) is 12.9. The highest BCUT2D eigenvalue weighted by Gasteiger charge is 2.21. The Kier molecular flexibility index (Phi) is 4.20. The van der Waals surface area contributed by atoms with Crippen molar-refractivity contribution in [3.05, 3.63) is 10.1 Å². The van der Waals surface area contributed by atoms with Crippen LogP contribution in [0.1, 0.15) is 13.8 Å². The Morgan fingerprint density at radius 2 is 2.17 bits per heavy atom. The van der Waals surface area contributed by atoms with Crippen LogP contribution in [0.25, 0.3) is 0 Å². The van der Waals surface area contributed by atoms with Gasteiger partial charge in [-0.2, -0.15) is 0 Å². The number of nitrogens with zero attached hydrogens (tertiary/aromatic N) is 1. The molecule has 0 saturated heterocycles. The average molecular weight is 176 g/mol. The monoisotopic (exact) mass is 176 g/mol. The fourth-order valence-corrected chi connectivity index (χ4v) is 0.781. The molecule has 0 bridgehead atoms. The minimum Gasteiger partial charge on any atom is -0.480 e. The molecule has 0 aliphatic heterocycles. The molecule has 0 fully saturated rings. The Morgan fingerprint density at radius 1 is 1.67 bits per heavy atom. The molecule has 1 atom stereocenters. The van der Waals surface area contributed by atoms with Gasteiger partial charge in [0.2, 0.25) is 0 Å². The second kappa shape index (κ2) is 4.66. The van der Waals surface area contributed by atoms with Crippen LogP contribution in [0.2, 0.25) is 0 Å². The Morgan fingerprint density at radius 3 is 2.42 bits per heavy atom. The largest absolute Gasteiger partial charge is 0.480 e. The number of carboxylic acid groups (broad SMARTS) is 1. The van der Waals surface area contributed by atoms with E-state index < -0.39 is 23.6 Å². The zero-order valence-corrected chi connectivity index (χ0v) is 6.98. The molecule has 0 aromatic rings. The Hall–Kier alpha value is -1.17. The van der Waals surface area contributed by atoms with Crippen LogP contribution in [0.5, 0.6) is 0 Å². The van der Waals surface area contributed by atoms with Crippen LogP contribution in [0.3, 0.4) is 0 Å². The molecule has 0 aliphatic carbocycles. The molecule has 6 nitrogen and oxygen atoms in total. The standard InChI is InChI=1S/C6H12N2O4/c1-4(2)5(6(9)10)7-3-8(11)12/h4-5,7H,3H2,1-2H3,(H,9,10). The SMILES string of the molecule is CC(C)C(NC[N+](=O)[O-])C(=O)O. The van der Waals surface area contributed by atoms with Gasteiger partial charge in [-0.05, 0) is 5.92 Å². The molecule has 0 amide bonds. The van der Waals surface area contributed by atoms with E-state index in [9.17, 15) is 14.9 Å². The Bertz CT molecular complexity index is 180. The summed E-state index contributed by atoms with van der Waals surface area (Å²) in [6.07, 6.45) is 0. The van der Waals surface area contributed by atoms with E-state index in [2.05, 4.69) is 5.32 Å². The fraction of sp³-hybridized carbons (Fsp3) is 0.833. The third-order valence-corrected chi connectivity index (χ3v) is 1.37. The van der Waals surface area contributed by atoms with Crippen molar-refractivity contribution in [2.45, 2.75) is 19.9 Å². The highest BCUT2D eigenvalue weighted by atomic mass is 16.6. The minimum absolute atomic E-state index is 0.164. The van der Waals surface area contributed by atoms with E-state index in [4.69, 9.17) is 5.11 Å². The molecular weight excluding hydrogens is 164 g/mol. The summed E-state index contributed by atoms with van der Waals surface area (Å²) in [5.74, 6) is -1.23.